The molecule has 0 spiro atoms. The molecule has 5 heteroatoms. The molecule has 0 heterocycles. The van der Waals surface area contributed by atoms with Gasteiger partial charge in [0.15, 0.2) is 0 Å². The predicted octanol–water partition coefficient (Wildman–Crippen LogP) is 1.85. The fourth-order valence-corrected chi connectivity index (χ4v) is 1.55. The monoisotopic (exact) mass is 253 g/mol. The molecule has 18 heavy (non-hydrogen) atoms. The number of hydrogen-bond acceptors (Lipinski definition) is 3. The molecule has 0 bridgehead atoms. The average molecular weight is 253 g/mol. The summed E-state index contributed by atoms with van der Waals surface area (Å²) >= 11 is 0. The predicted molar refractivity (Wildman–Crippen MR) is 64.6 cm³/mol. The Hall–Kier alpha value is -1.91. The van der Waals surface area contributed by atoms with Gasteiger partial charge in [0, 0.05) is 6.54 Å². The minimum Gasteiger partial charge on any atom is -0.468 e. The van der Waals surface area contributed by atoms with Crippen molar-refractivity contribution in [2.24, 2.45) is 0 Å². The first-order valence-corrected chi connectivity index (χ1v) is 5.70. The minimum absolute atomic E-state index is 0.0325. The van der Waals surface area contributed by atoms with Crippen LogP contribution in [0.4, 0.5) is 4.39 Å². The lowest BCUT2D eigenvalue weighted by molar-refractivity contribution is -0.141. The normalized spacial score (nSPS) is 9.94. The molecular formula is C13H16FNO3. The molecule has 0 N–H and O–H groups in total. The smallest absolute Gasteiger partial charge is 0.325 e. The van der Waals surface area contributed by atoms with Crippen molar-refractivity contribution in [1.29, 1.82) is 0 Å². The Bertz CT molecular complexity index is 434. The summed E-state index contributed by atoms with van der Waals surface area (Å²) in [4.78, 5) is 24.6. The number of carbonyl (C=O) groups excluding carboxylic acids is 2. The number of ether oxygens (including phenoxy) is 1. The van der Waals surface area contributed by atoms with Gasteiger partial charge < -0.3 is 9.64 Å². The first kappa shape index (κ1) is 14.2. The van der Waals surface area contributed by atoms with E-state index in [2.05, 4.69) is 4.74 Å². The van der Waals surface area contributed by atoms with Crippen molar-refractivity contribution in [2.75, 3.05) is 20.2 Å². The molecular weight excluding hydrogens is 237 g/mol. The Morgan fingerprint density at radius 3 is 2.56 bits per heavy atom. The highest BCUT2D eigenvalue weighted by atomic mass is 19.1. The molecule has 1 aromatic carbocycles. The molecule has 1 amide bonds. The quantitative estimate of drug-likeness (QED) is 0.752. The van der Waals surface area contributed by atoms with Crippen molar-refractivity contribution in [3.63, 3.8) is 0 Å². The lowest BCUT2D eigenvalue weighted by Gasteiger charge is -2.20. The molecule has 0 atom stereocenters. The number of halogens is 1. The number of esters is 1. The number of rotatable bonds is 5. The minimum atomic E-state index is -0.589. The number of carbonyl (C=O) groups is 2. The van der Waals surface area contributed by atoms with Gasteiger partial charge in [-0.1, -0.05) is 19.1 Å². The van der Waals surface area contributed by atoms with Crippen molar-refractivity contribution in [1.82, 2.24) is 4.90 Å². The van der Waals surface area contributed by atoms with Crippen LogP contribution in [0.5, 0.6) is 0 Å². The Balaban J connectivity index is 2.89. The Morgan fingerprint density at radius 2 is 2.00 bits per heavy atom. The first-order chi connectivity index (χ1) is 8.60. The average Bonchev–Trinajstić information content (AvgIpc) is 2.38. The van der Waals surface area contributed by atoms with E-state index in [1.807, 2.05) is 6.92 Å². The van der Waals surface area contributed by atoms with Gasteiger partial charge in [-0.2, -0.15) is 0 Å². The number of hydrogen-bond donors (Lipinski definition) is 0. The van der Waals surface area contributed by atoms with E-state index in [9.17, 15) is 14.0 Å². The molecule has 0 radical (unpaired) electrons. The molecule has 0 fully saturated rings. The third-order valence-corrected chi connectivity index (χ3v) is 2.43. The molecule has 0 saturated carbocycles. The van der Waals surface area contributed by atoms with Gasteiger partial charge >= 0.3 is 5.97 Å². The van der Waals surface area contributed by atoms with E-state index in [-0.39, 0.29) is 12.1 Å². The number of methoxy groups -OCH3 is 1. The van der Waals surface area contributed by atoms with Gasteiger partial charge in [0.25, 0.3) is 5.91 Å². The molecule has 98 valence electrons. The van der Waals surface area contributed by atoms with Crippen molar-refractivity contribution >= 4 is 11.9 Å². The number of amides is 1. The van der Waals surface area contributed by atoms with Crippen LogP contribution in [0.3, 0.4) is 0 Å². The van der Waals surface area contributed by atoms with Crippen LogP contribution in [-0.2, 0) is 9.53 Å². The van der Waals surface area contributed by atoms with E-state index in [1.54, 1.807) is 6.07 Å². The van der Waals surface area contributed by atoms with E-state index < -0.39 is 17.7 Å². The topological polar surface area (TPSA) is 46.6 Å². The van der Waals surface area contributed by atoms with Crippen LogP contribution >= 0.6 is 0 Å². The maximum absolute atomic E-state index is 13.5. The van der Waals surface area contributed by atoms with Gasteiger partial charge in [-0.3, -0.25) is 9.59 Å². The van der Waals surface area contributed by atoms with Gasteiger partial charge in [-0.05, 0) is 18.6 Å². The second-order valence-corrected chi connectivity index (χ2v) is 3.78. The lowest BCUT2D eigenvalue weighted by Crippen LogP contribution is -2.37. The summed E-state index contributed by atoms with van der Waals surface area (Å²) in [7, 11) is 1.25. The van der Waals surface area contributed by atoms with Crippen LogP contribution in [0.25, 0.3) is 0 Å². The third kappa shape index (κ3) is 3.55. The van der Waals surface area contributed by atoms with Crippen LogP contribution in [-0.4, -0.2) is 37.0 Å². The maximum atomic E-state index is 13.5. The van der Waals surface area contributed by atoms with Crippen LogP contribution < -0.4 is 0 Å². The molecule has 0 aliphatic rings. The molecule has 1 aromatic rings. The second-order valence-electron chi connectivity index (χ2n) is 3.78. The SMILES string of the molecule is CCCN(CC(=O)OC)C(=O)c1ccccc1F. The fraction of sp³-hybridized carbons (Fsp3) is 0.385. The fourth-order valence-electron chi connectivity index (χ4n) is 1.55. The summed E-state index contributed by atoms with van der Waals surface area (Å²) < 4.78 is 18.0. The van der Waals surface area contributed by atoms with Gasteiger partial charge in [-0.15, -0.1) is 0 Å². The van der Waals surface area contributed by atoms with Gasteiger partial charge in [0.05, 0.1) is 12.7 Å². The molecule has 0 saturated heterocycles. The summed E-state index contributed by atoms with van der Waals surface area (Å²) in [6.07, 6.45) is 0.678. The molecule has 4 nitrogen and oxygen atoms in total. The molecule has 0 aromatic heterocycles. The van der Waals surface area contributed by atoms with Crippen molar-refractivity contribution in [3.05, 3.63) is 35.6 Å². The Morgan fingerprint density at radius 1 is 1.33 bits per heavy atom. The zero-order chi connectivity index (χ0) is 13.5. The number of nitrogens with zero attached hydrogens (tertiary/aromatic N) is 1. The van der Waals surface area contributed by atoms with Gasteiger partial charge in [-0.25, -0.2) is 4.39 Å². The number of benzene rings is 1. The highest BCUT2D eigenvalue weighted by Gasteiger charge is 2.20. The van der Waals surface area contributed by atoms with Gasteiger partial charge in [0.2, 0.25) is 0 Å². The summed E-state index contributed by atoms with van der Waals surface area (Å²) in [5.74, 6) is -1.61. The van der Waals surface area contributed by atoms with Crippen LogP contribution in [0, 0.1) is 5.82 Å². The van der Waals surface area contributed by atoms with E-state index in [0.29, 0.717) is 13.0 Å². The largest absolute Gasteiger partial charge is 0.468 e. The third-order valence-electron chi connectivity index (χ3n) is 2.43. The van der Waals surface area contributed by atoms with E-state index >= 15 is 0 Å². The first-order valence-electron chi connectivity index (χ1n) is 5.70. The summed E-state index contributed by atoms with van der Waals surface area (Å²) in [6.45, 7) is 2.08. The van der Waals surface area contributed by atoms with Gasteiger partial charge in [0.1, 0.15) is 12.4 Å². The molecule has 0 aliphatic carbocycles. The van der Waals surface area contributed by atoms with E-state index in [4.69, 9.17) is 0 Å². The molecule has 0 unspecified atom stereocenters. The standard InChI is InChI=1S/C13H16FNO3/c1-3-8-15(9-12(16)18-2)13(17)10-6-4-5-7-11(10)14/h4-7H,3,8-9H2,1-2H3. The second kappa shape index (κ2) is 6.74. The van der Waals surface area contributed by atoms with E-state index in [0.717, 1.165) is 0 Å². The highest BCUT2D eigenvalue weighted by molar-refractivity contribution is 5.96. The zero-order valence-electron chi connectivity index (χ0n) is 10.5. The van der Waals surface area contributed by atoms with Crippen molar-refractivity contribution < 1.29 is 18.7 Å². The summed E-state index contributed by atoms with van der Waals surface area (Å²) in [5.41, 5.74) is -0.0325. The Kier molecular flexibility index (Phi) is 5.30. The van der Waals surface area contributed by atoms with Crippen LogP contribution in [0.1, 0.15) is 23.7 Å². The highest BCUT2D eigenvalue weighted by Crippen LogP contribution is 2.10. The Labute approximate surface area is 105 Å². The maximum Gasteiger partial charge on any atom is 0.325 e. The zero-order valence-corrected chi connectivity index (χ0v) is 10.5. The van der Waals surface area contributed by atoms with Crippen LogP contribution in [0.15, 0.2) is 24.3 Å². The van der Waals surface area contributed by atoms with Crippen LogP contribution in [0.2, 0.25) is 0 Å². The summed E-state index contributed by atoms with van der Waals surface area (Å²) in [6, 6.07) is 5.71. The van der Waals surface area contributed by atoms with E-state index in [1.165, 1.54) is 30.2 Å². The van der Waals surface area contributed by atoms with Crippen molar-refractivity contribution in [2.45, 2.75) is 13.3 Å². The molecule has 0 aliphatic heterocycles. The lowest BCUT2D eigenvalue weighted by atomic mass is 10.2. The summed E-state index contributed by atoms with van der Waals surface area (Å²) in [5, 5.41) is 0. The molecule has 1 rings (SSSR count). The van der Waals surface area contributed by atoms with Crippen molar-refractivity contribution in [3.8, 4) is 0 Å².